The smallest absolute Gasteiger partial charge is 0.422 e. The van der Waals surface area contributed by atoms with Crippen molar-refractivity contribution >= 4 is 38.0 Å². The van der Waals surface area contributed by atoms with E-state index in [1.807, 2.05) is 0 Å². The van der Waals surface area contributed by atoms with Gasteiger partial charge in [-0.05, 0) is 12.1 Å². The largest absolute Gasteiger partial charge is 0.468 e. The Balaban J connectivity index is 1.96. The van der Waals surface area contributed by atoms with Crippen LogP contribution in [-0.4, -0.2) is 37.8 Å². The first kappa shape index (κ1) is 21.5. The van der Waals surface area contributed by atoms with Gasteiger partial charge in [0.15, 0.2) is 6.61 Å². The standard InChI is InChI=1S/C18H15F3N4O4S/c1-22-17-13-5-3-2-4-12(13)15(30(26,27)28)8-14(17)25-24-11-6-7-16(23-9-11)29-10-18(19,20)21/h2-9,22H,10H2,1H3,(H,26,27,28)/b25-24+. The summed E-state index contributed by atoms with van der Waals surface area (Å²) in [5, 5.41) is 11.7. The first-order valence-electron chi connectivity index (χ1n) is 8.37. The van der Waals surface area contributed by atoms with Crippen LogP contribution < -0.4 is 10.1 Å². The number of halogens is 3. The fourth-order valence-electron chi connectivity index (χ4n) is 2.67. The third kappa shape index (κ3) is 5.02. The summed E-state index contributed by atoms with van der Waals surface area (Å²) in [5.41, 5.74) is 0.791. The summed E-state index contributed by atoms with van der Waals surface area (Å²) in [6.07, 6.45) is -3.33. The highest BCUT2D eigenvalue weighted by molar-refractivity contribution is 7.86. The zero-order valence-corrected chi connectivity index (χ0v) is 16.2. The van der Waals surface area contributed by atoms with E-state index in [1.54, 1.807) is 31.3 Å². The normalized spacial score (nSPS) is 12.4. The van der Waals surface area contributed by atoms with Crippen LogP contribution >= 0.6 is 0 Å². The van der Waals surface area contributed by atoms with Gasteiger partial charge in [-0.25, -0.2) is 4.98 Å². The molecule has 158 valence electrons. The Morgan fingerprint density at radius 3 is 2.40 bits per heavy atom. The molecule has 0 radical (unpaired) electrons. The Hall–Kier alpha value is -3.25. The minimum atomic E-state index is -4.53. The first-order valence-corrected chi connectivity index (χ1v) is 9.81. The van der Waals surface area contributed by atoms with Gasteiger partial charge in [0, 0.05) is 23.9 Å². The van der Waals surface area contributed by atoms with E-state index in [-0.39, 0.29) is 22.2 Å². The third-order valence-electron chi connectivity index (χ3n) is 3.89. The van der Waals surface area contributed by atoms with Gasteiger partial charge in [-0.1, -0.05) is 24.3 Å². The van der Waals surface area contributed by atoms with Crippen LogP contribution in [0.1, 0.15) is 0 Å². The second-order valence-corrected chi connectivity index (χ2v) is 7.39. The third-order valence-corrected chi connectivity index (χ3v) is 4.78. The predicted molar refractivity (Wildman–Crippen MR) is 103 cm³/mol. The molecule has 8 nitrogen and oxygen atoms in total. The van der Waals surface area contributed by atoms with Crippen molar-refractivity contribution in [3.8, 4) is 5.88 Å². The van der Waals surface area contributed by atoms with E-state index in [0.29, 0.717) is 16.5 Å². The molecule has 0 atom stereocenters. The highest BCUT2D eigenvalue weighted by atomic mass is 32.2. The number of fused-ring (bicyclic) bond motifs is 1. The second-order valence-electron chi connectivity index (χ2n) is 6.00. The number of aromatic nitrogens is 1. The Bertz CT molecular complexity index is 1200. The zero-order valence-electron chi connectivity index (χ0n) is 15.4. The van der Waals surface area contributed by atoms with E-state index >= 15 is 0 Å². The zero-order chi connectivity index (χ0) is 21.9. The lowest BCUT2D eigenvalue weighted by Gasteiger charge is -2.12. The molecule has 0 spiro atoms. The van der Waals surface area contributed by atoms with Crippen molar-refractivity contribution < 1.29 is 30.9 Å². The van der Waals surface area contributed by atoms with Crippen molar-refractivity contribution in [2.45, 2.75) is 11.1 Å². The molecule has 0 fully saturated rings. The van der Waals surface area contributed by atoms with Crippen LogP contribution in [0.15, 0.2) is 63.8 Å². The number of hydrogen-bond acceptors (Lipinski definition) is 7. The highest BCUT2D eigenvalue weighted by Crippen LogP contribution is 2.38. The molecule has 0 amide bonds. The number of nitrogens with one attached hydrogen (secondary N) is 1. The number of hydrogen-bond donors (Lipinski definition) is 2. The summed E-state index contributed by atoms with van der Waals surface area (Å²) in [6.45, 7) is -1.47. The van der Waals surface area contributed by atoms with Gasteiger partial charge in [-0.3, -0.25) is 4.55 Å². The molecule has 0 saturated heterocycles. The molecule has 12 heteroatoms. The Kier molecular flexibility index (Phi) is 5.89. The molecule has 0 bridgehead atoms. The fraction of sp³-hybridized carbons (Fsp3) is 0.167. The van der Waals surface area contributed by atoms with Gasteiger partial charge in [0.1, 0.15) is 16.3 Å². The van der Waals surface area contributed by atoms with Crippen molar-refractivity contribution in [1.29, 1.82) is 0 Å². The van der Waals surface area contributed by atoms with Crippen LogP contribution in [0.3, 0.4) is 0 Å². The Labute approximate surface area is 169 Å². The highest BCUT2D eigenvalue weighted by Gasteiger charge is 2.28. The van der Waals surface area contributed by atoms with Gasteiger partial charge in [0.05, 0.1) is 11.9 Å². The number of nitrogens with zero attached hydrogens (tertiary/aromatic N) is 3. The minimum absolute atomic E-state index is 0.126. The fourth-order valence-corrected chi connectivity index (χ4v) is 3.38. The molecule has 0 unspecified atom stereocenters. The number of anilines is 1. The van der Waals surface area contributed by atoms with Crippen molar-refractivity contribution in [2.75, 3.05) is 19.0 Å². The van der Waals surface area contributed by atoms with E-state index in [2.05, 4.69) is 25.3 Å². The molecule has 1 aromatic heterocycles. The van der Waals surface area contributed by atoms with E-state index < -0.39 is 22.9 Å². The molecule has 0 aliphatic rings. The Morgan fingerprint density at radius 2 is 1.83 bits per heavy atom. The first-order chi connectivity index (χ1) is 14.1. The Morgan fingerprint density at radius 1 is 1.13 bits per heavy atom. The van der Waals surface area contributed by atoms with Crippen LogP contribution in [0.25, 0.3) is 10.8 Å². The average molecular weight is 440 g/mol. The van der Waals surface area contributed by atoms with Crippen LogP contribution in [0.5, 0.6) is 5.88 Å². The summed E-state index contributed by atoms with van der Waals surface area (Å²) in [7, 11) is -2.92. The summed E-state index contributed by atoms with van der Waals surface area (Å²) in [6, 6.07) is 10.2. The number of ether oxygens (including phenoxy) is 1. The maximum atomic E-state index is 12.2. The predicted octanol–water partition coefficient (Wildman–Crippen LogP) is 4.88. The maximum Gasteiger partial charge on any atom is 0.422 e. The van der Waals surface area contributed by atoms with Gasteiger partial charge < -0.3 is 10.1 Å². The topological polar surface area (TPSA) is 113 Å². The molecule has 0 aliphatic heterocycles. The summed E-state index contributed by atoms with van der Waals surface area (Å²) in [4.78, 5) is 3.38. The quantitative estimate of drug-likeness (QED) is 0.417. The maximum absolute atomic E-state index is 12.2. The van der Waals surface area contributed by atoms with E-state index in [4.69, 9.17) is 0 Å². The van der Waals surface area contributed by atoms with Crippen molar-refractivity contribution in [2.24, 2.45) is 10.2 Å². The molecule has 2 N–H and O–H groups in total. The number of rotatable bonds is 6. The van der Waals surface area contributed by atoms with Gasteiger partial charge in [-0.2, -0.15) is 21.6 Å². The lowest BCUT2D eigenvalue weighted by molar-refractivity contribution is -0.154. The second kappa shape index (κ2) is 8.24. The van der Waals surface area contributed by atoms with E-state index in [1.165, 1.54) is 18.2 Å². The van der Waals surface area contributed by atoms with Gasteiger partial charge in [-0.15, -0.1) is 10.2 Å². The van der Waals surface area contributed by atoms with Crippen molar-refractivity contribution in [3.05, 3.63) is 48.7 Å². The lowest BCUT2D eigenvalue weighted by atomic mass is 10.1. The van der Waals surface area contributed by atoms with Crippen molar-refractivity contribution in [3.63, 3.8) is 0 Å². The van der Waals surface area contributed by atoms with E-state index in [9.17, 15) is 26.1 Å². The molecule has 1 heterocycles. The van der Waals surface area contributed by atoms with Crippen LogP contribution in [0.4, 0.5) is 30.2 Å². The monoisotopic (exact) mass is 440 g/mol. The lowest BCUT2D eigenvalue weighted by Crippen LogP contribution is -2.19. The molecule has 0 aliphatic carbocycles. The summed E-state index contributed by atoms with van der Waals surface area (Å²) in [5.74, 6) is -0.235. The van der Waals surface area contributed by atoms with Gasteiger partial charge >= 0.3 is 6.18 Å². The van der Waals surface area contributed by atoms with Crippen LogP contribution in [0.2, 0.25) is 0 Å². The molecule has 2 aromatic carbocycles. The van der Waals surface area contributed by atoms with Crippen LogP contribution in [0, 0.1) is 0 Å². The molecule has 30 heavy (non-hydrogen) atoms. The molecular weight excluding hydrogens is 425 g/mol. The molecular formula is C18H15F3N4O4S. The van der Waals surface area contributed by atoms with E-state index in [0.717, 1.165) is 6.20 Å². The van der Waals surface area contributed by atoms with Crippen molar-refractivity contribution in [1.82, 2.24) is 4.98 Å². The number of azo groups is 1. The minimum Gasteiger partial charge on any atom is -0.468 e. The van der Waals surface area contributed by atoms with Gasteiger partial charge in [0.25, 0.3) is 10.1 Å². The average Bonchev–Trinajstić information content (AvgIpc) is 2.69. The number of alkyl halides is 3. The number of benzene rings is 2. The molecule has 0 saturated carbocycles. The SMILES string of the molecule is CNc1c(/N=N/c2ccc(OCC(F)(F)F)nc2)cc(S(=O)(=O)O)c2ccccc12. The molecule has 3 aromatic rings. The molecule has 3 rings (SSSR count). The summed E-state index contributed by atoms with van der Waals surface area (Å²) >= 11 is 0. The van der Waals surface area contributed by atoms with Gasteiger partial charge in [0.2, 0.25) is 5.88 Å². The van der Waals surface area contributed by atoms with Crippen LogP contribution in [-0.2, 0) is 10.1 Å². The summed E-state index contributed by atoms with van der Waals surface area (Å²) < 4.78 is 74.2. The number of pyridine rings is 1.